The number of anilines is 1. The number of carbonyl (C=O) groups is 1. The lowest BCUT2D eigenvalue weighted by atomic mass is 10.1. The number of hydrogen-bond acceptors (Lipinski definition) is 8. The number of ketones is 1. The molecular formula is C30H33NO7. The molecule has 0 atom stereocenters. The maximum Gasteiger partial charge on any atom is 0.187 e. The number of methoxy groups -OCH3 is 6. The predicted molar refractivity (Wildman–Crippen MR) is 149 cm³/mol. The fraction of sp³-hybridized carbons (Fsp3) is 0.233. The van der Waals surface area contributed by atoms with Crippen LogP contribution >= 0.6 is 0 Å². The molecule has 0 fully saturated rings. The summed E-state index contributed by atoms with van der Waals surface area (Å²) in [5.41, 5.74) is 3.78. The van der Waals surface area contributed by atoms with Gasteiger partial charge in [0.1, 0.15) is 11.5 Å². The molecule has 0 heterocycles. The third-order valence-corrected chi connectivity index (χ3v) is 5.89. The summed E-state index contributed by atoms with van der Waals surface area (Å²) < 4.78 is 32.6. The normalized spacial score (nSPS) is 10.9. The SMILES string of the molecule is COc1ccc(C(=O)/C=C\Nc2cc(/C=C\c3cc(OC)c(C)c(OC)c3)cc(OC)c2OC)cc1OC. The smallest absolute Gasteiger partial charge is 0.187 e. The second kappa shape index (κ2) is 13.1. The Bertz CT molecular complexity index is 1320. The zero-order valence-electron chi connectivity index (χ0n) is 22.7. The highest BCUT2D eigenvalue weighted by atomic mass is 16.5. The van der Waals surface area contributed by atoms with E-state index in [4.69, 9.17) is 28.4 Å². The molecule has 0 radical (unpaired) electrons. The van der Waals surface area contributed by atoms with Crippen LogP contribution in [-0.2, 0) is 0 Å². The molecule has 0 spiro atoms. The number of ether oxygens (including phenoxy) is 6. The standard InChI is InChI=1S/C30H33NO7/c1-19-26(34-3)15-21(16-27(19)35-4)9-8-20-14-23(30(38-7)29(17-20)37-6)31-13-12-24(32)22-10-11-25(33-2)28(18-22)36-5/h8-18,31H,1-7H3/b9-8-,13-12-. The van der Waals surface area contributed by atoms with Gasteiger partial charge < -0.3 is 33.7 Å². The van der Waals surface area contributed by atoms with E-state index in [1.54, 1.807) is 59.9 Å². The second-order valence-electron chi connectivity index (χ2n) is 8.10. The molecule has 0 amide bonds. The second-order valence-corrected chi connectivity index (χ2v) is 8.10. The van der Waals surface area contributed by atoms with E-state index in [0.717, 1.165) is 28.2 Å². The van der Waals surface area contributed by atoms with Crippen LogP contribution in [0.25, 0.3) is 12.2 Å². The van der Waals surface area contributed by atoms with Crippen molar-refractivity contribution in [1.29, 1.82) is 0 Å². The Balaban J connectivity index is 1.87. The van der Waals surface area contributed by atoms with E-state index < -0.39 is 0 Å². The molecule has 0 aliphatic heterocycles. The molecule has 3 aromatic carbocycles. The Kier molecular flexibility index (Phi) is 9.65. The first-order valence-corrected chi connectivity index (χ1v) is 11.7. The van der Waals surface area contributed by atoms with Crippen molar-refractivity contribution >= 4 is 23.6 Å². The van der Waals surface area contributed by atoms with Crippen LogP contribution in [-0.4, -0.2) is 48.4 Å². The highest BCUT2D eigenvalue weighted by molar-refractivity contribution is 6.05. The van der Waals surface area contributed by atoms with Gasteiger partial charge in [-0.25, -0.2) is 0 Å². The third kappa shape index (κ3) is 6.39. The third-order valence-electron chi connectivity index (χ3n) is 5.89. The summed E-state index contributed by atoms with van der Waals surface area (Å²) in [5.74, 6) is 3.35. The van der Waals surface area contributed by atoms with Crippen molar-refractivity contribution in [2.45, 2.75) is 6.92 Å². The number of hydrogen-bond donors (Lipinski definition) is 1. The van der Waals surface area contributed by atoms with Crippen molar-refractivity contribution in [2.75, 3.05) is 48.0 Å². The lowest BCUT2D eigenvalue weighted by Crippen LogP contribution is -2.00. The van der Waals surface area contributed by atoms with Crippen molar-refractivity contribution in [3.8, 4) is 34.5 Å². The summed E-state index contributed by atoms with van der Waals surface area (Å²) >= 11 is 0. The van der Waals surface area contributed by atoms with Gasteiger partial charge in [-0.1, -0.05) is 12.2 Å². The molecule has 0 aliphatic carbocycles. The maximum absolute atomic E-state index is 12.7. The number of carbonyl (C=O) groups excluding carboxylic acids is 1. The first-order chi connectivity index (χ1) is 18.4. The number of benzene rings is 3. The van der Waals surface area contributed by atoms with Crippen molar-refractivity contribution in [2.24, 2.45) is 0 Å². The molecule has 1 N–H and O–H groups in total. The first-order valence-electron chi connectivity index (χ1n) is 11.7. The Hall–Kier alpha value is -4.59. The Morgan fingerprint density at radius 2 is 1.21 bits per heavy atom. The molecule has 3 rings (SSSR count). The van der Waals surface area contributed by atoms with Crippen LogP contribution in [0.3, 0.4) is 0 Å². The molecular weight excluding hydrogens is 486 g/mol. The van der Waals surface area contributed by atoms with E-state index >= 15 is 0 Å². The van der Waals surface area contributed by atoms with Gasteiger partial charge in [-0.2, -0.15) is 0 Å². The van der Waals surface area contributed by atoms with Gasteiger partial charge in [-0.15, -0.1) is 0 Å². The summed E-state index contributed by atoms with van der Waals surface area (Å²) in [5, 5.41) is 3.14. The number of rotatable bonds is 12. The average molecular weight is 520 g/mol. The summed E-state index contributed by atoms with van der Waals surface area (Å²) in [6, 6.07) is 12.6. The highest BCUT2D eigenvalue weighted by Gasteiger charge is 2.13. The average Bonchev–Trinajstić information content (AvgIpc) is 2.95. The van der Waals surface area contributed by atoms with Crippen LogP contribution in [0.2, 0.25) is 0 Å². The minimum absolute atomic E-state index is 0.206. The van der Waals surface area contributed by atoms with Gasteiger partial charge >= 0.3 is 0 Å². The zero-order valence-corrected chi connectivity index (χ0v) is 22.7. The molecule has 3 aromatic rings. The van der Waals surface area contributed by atoms with E-state index in [1.165, 1.54) is 13.2 Å². The van der Waals surface area contributed by atoms with Gasteiger partial charge in [0.25, 0.3) is 0 Å². The van der Waals surface area contributed by atoms with Gasteiger partial charge in [0.2, 0.25) is 0 Å². The van der Waals surface area contributed by atoms with Gasteiger partial charge in [-0.3, -0.25) is 4.79 Å². The minimum atomic E-state index is -0.206. The fourth-order valence-corrected chi connectivity index (χ4v) is 3.88. The van der Waals surface area contributed by atoms with Crippen LogP contribution in [0.1, 0.15) is 27.0 Å². The monoisotopic (exact) mass is 519 g/mol. The molecule has 8 heteroatoms. The summed E-state index contributed by atoms with van der Waals surface area (Å²) in [7, 11) is 9.46. The van der Waals surface area contributed by atoms with Gasteiger partial charge in [0.15, 0.2) is 28.8 Å². The Labute approximate surface area is 223 Å². The van der Waals surface area contributed by atoms with Crippen LogP contribution < -0.4 is 33.7 Å². The molecule has 8 nitrogen and oxygen atoms in total. The van der Waals surface area contributed by atoms with Gasteiger partial charge in [-0.05, 0) is 60.5 Å². The topological polar surface area (TPSA) is 84.5 Å². The quantitative estimate of drug-likeness (QED) is 0.177. The van der Waals surface area contributed by atoms with Crippen LogP contribution in [0.5, 0.6) is 34.5 Å². The van der Waals surface area contributed by atoms with Gasteiger partial charge in [0, 0.05) is 23.4 Å². The van der Waals surface area contributed by atoms with Crippen LogP contribution in [0.15, 0.2) is 54.7 Å². The van der Waals surface area contributed by atoms with Crippen molar-refractivity contribution < 1.29 is 33.2 Å². The minimum Gasteiger partial charge on any atom is -0.496 e. The number of nitrogens with one attached hydrogen (secondary N) is 1. The molecule has 38 heavy (non-hydrogen) atoms. The fourth-order valence-electron chi connectivity index (χ4n) is 3.88. The first kappa shape index (κ1) is 28.0. The highest BCUT2D eigenvalue weighted by Crippen LogP contribution is 2.38. The summed E-state index contributed by atoms with van der Waals surface area (Å²) in [6.45, 7) is 1.95. The molecule has 0 aromatic heterocycles. The van der Waals surface area contributed by atoms with Gasteiger partial charge in [0.05, 0.1) is 48.3 Å². The molecule has 0 saturated heterocycles. The predicted octanol–water partition coefficient (Wildman–Crippen LogP) is 6.03. The van der Waals surface area contributed by atoms with Crippen molar-refractivity contribution in [3.63, 3.8) is 0 Å². The van der Waals surface area contributed by atoms with E-state index in [2.05, 4.69) is 5.32 Å². The molecule has 200 valence electrons. The zero-order chi connectivity index (χ0) is 27.7. The van der Waals surface area contributed by atoms with E-state index in [-0.39, 0.29) is 5.78 Å². The Morgan fingerprint density at radius 3 is 1.76 bits per heavy atom. The van der Waals surface area contributed by atoms with E-state index in [0.29, 0.717) is 34.2 Å². The lowest BCUT2D eigenvalue weighted by molar-refractivity contribution is 0.104. The lowest BCUT2D eigenvalue weighted by Gasteiger charge is -2.14. The summed E-state index contributed by atoms with van der Waals surface area (Å²) in [6.07, 6.45) is 6.88. The van der Waals surface area contributed by atoms with Crippen molar-refractivity contribution in [3.05, 3.63) is 77.0 Å². The summed E-state index contributed by atoms with van der Waals surface area (Å²) in [4.78, 5) is 12.7. The maximum atomic E-state index is 12.7. The van der Waals surface area contributed by atoms with Crippen LogP contribution in [0.4, 0.5) is 5.69 Å². The Morgan fingerprint density at radius 1 is 0.658 bits per heavy atom. The van der Waals surface area contributed by atoms with E-state index in [9.17, 15) is 4.79 Å². The molecule has 0 aliphatic rings. The van der Waals surface area contributed by atoms with E-state index in [1.807, 2.05) is 43.3 Å². The molecule has 0 saturated carbocycles. The van der Waals surface area contributed by atoms with Crippen LogP contribution in [0, 0.1) is 6.92 Å². The largest absolute Gasteiger partial charge is 0.496 e. The molecule has 0 bridgehead atoms. The van der Waals surface area contributed by atoms with Crippen molar-refractivity contribution in [1.82, 2.24) is 0 Å². The number of allylic oxidation sites excluding steroid dienone is 1. The molecule has 0 unspecified atom stereocenters.